The zero-order valence-corrected chi connectivity index (χ0v) is 23.5. The number of benzene rings is 2. The van der Waals surface area contributed by atoms with Gasteiger partial charge in [0.05, 0.1) is 21.4 Å². The minimum Gasteiger partial charge on any atom is -0.507 e. The van der Waals surface area contributed by atoms with E-state index in [0.29, 0.717) is 16.3 Å². The molecule has 1 atom stereocenters. The first kappa shape index (κ1) is 27.1. The Balaban J connectivity index is 1.54. The van der Waals surface area contributed by atoms with Gasteiger partial charge >= 0.3 is 0 Å². The van der Waals surface area contributed by atoms with Crippen molar-refractivity contribution in [1.29, 1.82) is 0 Å². The Morgan fingerprint density at radius 1 is 1.10 bits per heavy atom. The second-order valence-electron chi connectivity index (χ2n) is 10.4. The third-order valence-electron chi connectivity index (χ3n) is 7.23. The fraction of sp³-hybridized carbons (Fsp3) is 0.276. The number of phenolic OH excluding ortho intramolecular Hbond substituents is 2. The lowest BCUT2D eigenvalue weighted by molar-refractivity contribution is -0.123. The minimum atomic E-state index is -1.60. The van der Waals surface area contributed by atoms with Gasteiger partial charge in [-0.3, -0.25) is 19.2 Å². The number of hydrogen-bond donors (Lipinski definition) is 4. The van der Waals surface area contributed by atoms with Crippen molar-refractivity contribution in [2.75, 3.05) is 10.6 Å². The van der Waals surface area contributed by atoms with Crippen molar-refractivity contribution in [3.8, 4) is 17.2 Å². The van der Waals surface area contributed by atoms with Gasteiger partial charge in [0.25, 0.3) is 0 Å². The van der Waals surface area contributed by atoms with Crippen LogP contribution in [0.1, 0.15) is 56.1 Å². The number of ketones is 3. The summed E-state index contributed by atoms with van der Waals surface area (Å²) >= 11 is 1.30. The number of ether oxygens (including phenoxy) is 1. The monoisotopic (exact) mass is 561 g/mol. The Morgan fingerprint density at radius 3 is 2.45 bits per heavy atom. The normalized spacial score (nSPS) is 19.2. The number of Topliss-reactive ketones (excluding diaryl/α,β-unsaturated/α-hetero) is 2. The Kier molecular flexibility index (Phi) is 6.30. The molecule has 2 aliphatic rings. The molecule has 1 aliphatic carbocycles. The number of amides is 1. The van der Waals surface area contributed by atoms with Crippen LogP contribution in [0, 0.1) is 12.8 Å². The van der Waals surface area contributed by atoms with Gasteiger partial charge in [0.1, 0.15) is 34.0 Å². The largest absolute Gasteiger partial charge is 0.507 e. The molecule has 2 heterocycles. The highest BCUT2D eigenvalue weighted by Gasteiger charge is 2.56. The van der Waals surface area contributed by atoms with Crippen molar-refractivity contribution >= 4 is 55.6 Å². The highest BCUT2D eigenvalue weighted by Crippen LogP contribution is 2.57. The summed E-state index contributed by atoms with van der Waals surface area (Å²) in [7, 11) is 0. The molecule has 0 fully saturated rings. The average molecular weight is 562 g/mol. The Labute approximate surface area is 233 Å². The smallest absolute Gasteiger partial charge is 0.228 e. The number of nitrogens with one attached hydrogen (secondary N) is 2. The number of nitrogens with zero attached hydrogens (tertiary/aromatic N) is 1. The quantitative estimate of drug-likeness (QED) is 0.194. The van der Waals surface area contributed by atoms with Gasteiger partial charge in [-0.25, -0.2) is 4.98 Å². The van der Waals surface area contributed by atoms with Crippen molar-refractivity contribution < 1.29 is 34.1 Å². The molecule has 11 heteroatoms. The van der Waals surface area contributed by atoms with Gasteiger partial charge in [-0.1, -0.05) is 25.2 Å². The van der Waals surface area contributed by atoms with Crippen LogP contribution in [0.4, 0.5) is 10.8 Å². The Hall–Kier alpha value is -4.51. The lowest BCUT2D eigenvalue weighted by atomic mass is 9.70. The highest BCUT2D eigenvalue weighted by atomic mass is 32.1. The van der Waals surface area contributed by atoms with Crippen molar-refractivity contribution in [3.63, 3.8) is 0 Å². The number of allylic oxidation sites excluding steroid dienone is 4. The zero-order valence-electron chi connectivity index (χ0n) is 22.7. The first-order valence-corrected chi connectivity index (χ1v) is 13.4. The molecule has 206 valence electrons. The number of carbonyl (C=O) groups is 4. The van der Waals surface area contributed by atoms with E-state index in [9.17, 15) is 29.4 Å². The third kappa shape index (κ3) is 3.96. The molecule has 0 spiro atoms. The van der Waals surface area contributed by atoms with E-state index in [2.05, 4.69) is 15.6 Å². The SMILES string of the molecule is CC(=O)c1c(O)c(C)c(O)c2c1OC1=CC(=O)C(=C(C)Nc3ccc4nc(NC(=O)C(C)C)sc4c3)C(=O)[C@@]12C. The second kappa shape index (κ2) is 9.30. The third-order valence-corrected chi connectivity index (χ3v) is 8.17. The van der Waals surface area contributed by atoms with Crippen molar-refractivity contribution in [3.05, 3.63) is 58.0 Å². The topological polar surface area (TPSA) is 155 Å². The van der Waals surface area contributed by atoms with E-state index >= 15 is 0 Å². The van der Waals surface area contributed by atoms with Gasteiger partial charge in [-0.05, 0) is 45.9 Å². The van der Waals surface area contributed by atoms with Crippen LogP contribution in [0.5, 0.6) is 17.2 Å². The van der Waals surface area contributed by atoms with Gasteiger partial charge in [0.15, 0.2) is 22.5 Å². The van der Waals surface area contributed by atoms with Gasteiger partial charge in [0.2, 0.25) is 5.91 Å². The summed E-state index contributed by atoms with van der Waals surface area (Å²) in [4.78, 5) is 56.0. The number of rotatable bonds is 5. The number of phenols is 2. The summed E-state index contributed by atoms with van der Waals surface area (Å²) in [5.41, 5.74) is -0.283. The standard InChI is InChI=1S/C29H27N3O7S/c1-11(2)27(38)32-28-31-16-8-7-15(9-18(16)40-28)30-13(4)20-17(34)10-19-29(6,26(20)37)22-24(36)12(3)23(35)21(14(5)33)25(22)39-19/h7-11,30,35-36H,1-6H3,(H,31,32,38)/t29-/m0/s1. The molecule has 0 saturated carbocycles. The van der Waals surface area contributed by atoms with E-state index in [0.717, 1.165) is 4.70 Å². The first-order valence-electron chi connectivity index (χ1n) is 12.5. The van der Waals surface area contributed by atoms with Crippen LogP contribution >= 0.6 is 11.3 Å². The molecule has 10 nitrogen and oxygen atoms in total. The number of aromatic hydroxyl groups is 2. The summed E-state index contributed by atoms with van der Waals surface area (Å²) < 4.78 is 6.59. The molecule has 1 aliphatic heterocycles. The Morgan fingerprint density at radius 2 is 1.80 bits per heavy atom. The maximum Gasteiger partial charge on any atom is 0.228 e. The van der Waals surface area contributed by atoms with Gasteiger partial charge in [-0.2, -0.15) is 0 Å². The number of fused-ring (bicyclic) bond motifs is 4. The van der Waals surface area contributed by atoms with E-state index in [-0.39, 0.29) is 57.0 Å². The van der Waals surface area contributed by atoms with E-state index in [1.165, 1.54) is 38.2 Å². The van der Waals surface area contributed by atoms with Gasteiger partial charge < -0.3 is 25.6 Å². The maximum atomic E-state index is 14.0. The number of thiazole rings is 1. The van der Waals surface area contributed by atoms with Gasteiger partial charge in [-0.15, -0.1) is 0 Å². The molecule has 3 aromatic rings. The van der Waals surface area contributed by atoms with Gasteiger partial charge in [0, 0.05) is 28.9 Å². The molecule has 0 unspecified atom stereocenters. The van der Waals surface area contributed by atoms with E-state index in [1.807, 2.05) is 0 Å². The van der Waals surface area contributed by atoms with Crippen LogP contribution in [-0.4, -0.2) is 38.5 Å². The molecule has 1 aromatic heterocycles. The predicted molar refractivity (Wildman–Crippen MR) is 150 cm³/mol. The van der Waals surface area contributed by atoms with Crippen LogP contribution in [0.15, 0.2) is 41.3 Å². The lowest BCUT2D eigenvalue weighted by Gasteiger charge is -2.29. The molecule has 40 heavy (non-hydrogen) atoms. The van der Waals surface area contributed by atoms with Crippen molar-refractivity contribution in [2.45, 2.75) is 47.0 Å². The number of carbonyl (C=O) groups excluding carboxylic acids is 4. The average Bonchev–Trinajstić information content (AvgIpc) is 3.40. The second-order valence-corrected chi connectivity index (χ2v) is 11.4. The van der Waals surface area contributed by atoms with Crippen molar-refractivity contribution in [1.82, 2.24) is 4.98 Å². The molecular weight excluding hydrogens is 534 g/mol. The van der Waals surface area contributed by atoms with E-state index in [4.69, 9.17) is 4.74 Å². The molecule has 4 N–H and O–H groups in total. The Bertz CT molecular complexity index is 1750. The number of anilines is 2. The lowest BCUT2D eigenvalue weighted by Crippen LogP contribution is -2.40. The van der Waals surface area contributed by atoms with E-state index < -0.39 is 28.5 Å². The summed E-state index contributed by atoms with van der Waals surface area (Å²) in [5, 5.41) is 27.9. The number of hydrogen-bond acceptors (Lipinski definition) is 10. The summed E-state index contributed by atoms with van der Waals surface area (Å²) in [6.07, 6.45) is 1.17. The summed E-state index contributed by atoms with van der Waals surface area (Å²) in [6, 6.07) is 5.30. The van der Waals surface area contributed by atoms with Crippen LogP contribution in [0.25, 0.3) is 10.2 Å². The van der Waals surface area contributed by atoms with E-state index in [1.54, 1.807) is 39.0 Å². The molecule has 0 saturated heterocycles. The fourth-order valence-corrected chi connectivity index (χ4v) is 5.86. The molecule has 1 amide bonds. The van der Waals surface area contributed by atoms with Crippen LogP contribution in [-0.2, 0) is 19.8 Å². The summed E-state index contributed by atoms with van der Waals surface area (Å²) in [6.45, 7) is 9.36. The highest BCUT2D eigenvalue weighted by molar-refractivity contribution is 7.22. The summed E-state index contributed by atoms with van der Waals surface area (Å²) in [5.74, 6) is -3.05. The maximum absolute atomic E-state index is 14.0. The number of aromatic nitrogens is 1. The molecule has 0 radical (unpaired) electrons. The van der Waals surface area contributed by atoms with Crippen molar-refractivity contribution in [2.24, 2.45) is 5.92 Å². The molecule has 0 bridgehead atoms. The predicted octanol–water partition coefficient (Wildman–Crippen LogP) is 4.88. The first-order chi connectivity index (χ1) is 18.7. The fourth-order valence-electron chi connectivity index (χ4n) is 4.95. The van der Waals surface area contributed by atoms with Crippen LogP contribution in [0.3, 0.4) is 0 Å². The molecular formula is C29H27N3O7S. The zero-order chi connectivity index (χ0) is 29.3. The van der Waals surface area contributed by atoms with Crippen LogP contribution in [0.2, 0.25) is 0 Å². The molecule has 5 rings (SSSR count). The van der Waals surface area contributed by atoms with Crippen LogP contribution < -0.4 is 15.4 Å². The minimum absolute atomic E-state index is 0.0288. The molecule has 2 aromatic carbocycles.